The van der Waals surface area contributed by atoms with Gasteiger partial charge in [0, 0.05) is 6.61 Å². The Morgan fingerprint density at radius 3 is 2.05 bits per heavy atom. The highest BCUT2D eigenvalue weighted by Crippen LogP contribution is 2.41. The summed E-state index contributed by atoms with van der Waals surface area (Å²) in [5.41, 5.74) is 0. The first kappa shape index (κ1) is 17.1. The van der Waals surface area contributed by atoms with Gasteiger partial charge in [0.2, 0.25) is 0 Å². The van der Waals surface area contributed by atoms with Gasteiger partial charge in [-0.15, -0.1) is 0 Å². The second-order valence-electron chi connectivity index (χ2n) is 7.56. The lowest BCUT2D eigenvalue weighted by Crippen LogP contribution is -2.26. The van der Waals surface area contributed by atoms with E-state index in [-0.39, 0.29) is 0 Å². The topological polar surface area (TPSA) is 20.2 Å². The highest BCUT2D eigenvalue weighted by molar-refractivity contribution is 4.92. The summed E-state index contributed by atoms with van der Waals surface area (Å²) in [6.45, 7) is 2.70. The molecule has 2 rings (SSSR count). The average Bonchev–Trinajstić information content (AvgIpc) is 2.55. The molecule has 0 heterocycles. The number of rotatable bonds is 7. The van der Waals surface area contributed by atoms with Crippen molar-refractivity contribution < 1.29 is 5.11 Å². The van der Waals surface area contributed by atoms with E-state index < -0.39 is 0 Å². The van der Waals surface area contributed by atoms with Crippen molar-refractivity contribution in [3.05, 3.63) is 12.2 Å². The van der Waals surface area contributed by atoms with Crippen molar-refractivity contribution in [2.75, 3.05) is 6.61 Å². The Morgan fingerprint density at radius 1 is 0.857 bits per heavy atom. The van der Waals surface area contributed by atoms with Crippen molar-refractivity contribution in [3.8, 4) is 0 Å². The van der Waals surface area contributed by atoms with Crippen LogP contribution < -0.4 is 0 Å². The van der Waals surface area contributed by atoms with Crippen molar-refractivity contribution in [1.82, 2.24) is 0 Å². The first-order valence-corrected chi connectivity index (χ1v) is 9.61. The Hall–Kier alpha value is -0.300. The predicted octanol–water partition coefficient (Wildman–Crippen LogP) is 5.73. The van der Waals surface area contributed by atoms with Gasteiger partial charge in [-0.2, -0.15) is 0 Å². The van der Waals surface area contributed by atoms with Gasteiger partial charge in [-0.05, 0) is 87.9 Å². The zero-order valence-electron chi connectivity index (χ0n) is 14.1. The van der Waals surface area contributed by atoms with Crippen LogP contribution in [0.4, 0.5) is 0 Å². The Balaban J connectivity index is 1.62. The fourth-order valence-electron chi connectivity index (χ4n) is 4.45. The van der Waals surface area contributed by atoms with Gasteiger partial charge in [0.25, 0.3) is 0 Å². The summed E-state index contributed by atoms with van der Waals surface area (Å²) in [4.78, 5) is 0. The van der Waals surface area contributed by atoms with Crippen LogP contribution in [-0.4, -0.2) is 11.7 Å². The number of unbranched alkanes of at least 4 members (excludes halogenated alkanes) is 3. The summed E-state index contributed by atoms with van der Waals surface area (Å²) < 4.78 is 0. The third-order valence-corrected chi connectivity index (χ3v) is 6.02. The maximum atomic E-state index is 9.25. The van der Waals surface area contributed by atoms with Gasteiger partial charge in [0.05, 0.1) is 0 Å². The molecule has 2 aliphatic rings. The molecule has 0 amide bonds. The molecule has 0 saturated heterocycles. The molecule has 2 fully saturated rings. The molecule has 1 heteroatoms. The minimum absolute atomic E-state index is 0.419. The molecule has 0 aromatic rings. The van der Waals surface area contributed by atoms with Crippen LogP contribution in [0.5, 0.6) is 0 Å². The molecule has 0 bridgehead atoms. The SMILES string of the molecule is CCCCC/C=C/C1CCC(C2CCC(CO)CC2)CC1. The van der Waals surface area contributed by atoms with Crippen LogP contribution >= 0.6 is 0 Å². The van der Waals surface area contributed by atoms with E-state index in [4.69, 9.17) is 0 Å². The largest absolute Gasteiger partial charge is 0.396 e. The summed E-state index contributed by atoms with van der Waals surface area (Å²) in [6, 6.07) is 0. The summed E-state index contributed by atoms with van der Waals surface area (Å²) in [7, 11) is 0. The van der Waals surface area contributed by atoms with Crippen LogP contribution in [0.2, 0.25) is 0 Å². The van der Waals surface area contributed by atoms with Gasteiger partial charge in [-0.3, -0.25) is 0 Å². The minimum Gasteiger partial charge on any atom is -0.396 e. The maximum absolute atomic E-state index is 9.25. The molecule has 0 aromatic heterocycles. The Kier molecular flexibility index (Phi) is 7.85. The quantitative estimate of drug-likeness (QED) is 0.469. The van der Waals surface area contributed by atoms with E-state index in [1.165, 1.54) is 77.0 Å². The van der Waals surface area contributed by atoms with Crippen LogP contribution in [-0.2, 0) is 0 Å². The number of hydrogen-bond donors (Lipinski definition) is 1. The zero-order chi connectivity index (χ0) is 14.9. The van der Waals surface area contributed by atoms with Crippen molar-refractivity contribution >= 4 is 0 Å². The van der Waals surface area contributed by atoms with Gasteiger partial charge in [-0.25, -0.2) is 0 Å². The lowest BCUT2D eigenvalue weighted by molar-refractivity contribution is 0.122. The average molecular weight is 293 g/mol. The van der Waals surface area contributed by atoms with Crippen LogP contribution in [0.15, 0.2) is 12.2 Å². The van der Waals surface area contributed by atoms with Gasteiger partial charge in [0.1, 0.15) is 0 Å². The summed E-state index contributed by atoms with van der Waals surface area (Å²) in [6.07, 6.45) is 21.4. The Morgan fingerprint density at radius 2 is 1.48 bits per heavy atom. The molecule has 1 nitrogen and oxygen atoms in total. The molecule has 0 atom stereocenters. The Labute approximate surface area is 132 Å². The van der Waals surface area contributed by atoms with E-state index in [1.54, 1.807) is 0 Å². The van der Waals surface area contributed by atoms with E-state index >= 15 is 0 Å². The molecule has 0 unspecified atom stereocenters. The fraction of sp³-hybridized carbons (Fsp3) is 0.900. The number of allylic oxidation sites excluding steroid dienone is 2. The molecule has 0 radical (unpaired) electrons. The van der Waals surface area contributed by atoms with Crippen molar-refractivity contribution in [3.63, 3.8) is 0 Å². The summed E-state index contributed by atoms with van der Waals surface area (Å²) >= 11 is 0. The first-order valence-electron chi connectivity index (χ1n) is 9.61. The molecule has 0 spiro atoms. The first-order chi connectivity index (χ1) is 10.3. The molecule has 2 aliphatic carbocycles. The maximum Gasteiger partial charge on any atom is 0.0459 e. The van der Waals surface area contributed by atoms with Crippen molar-refractivity contribution in [2.24, 2.45) is 23.7 Å². The highest BCUT2D eigenvalue weighted by atomic mass is 16.3. The number of hydrogen-bond acceptors (Lipinski definition) is 1. The number of aliphatic hydroxyl groups is 1. The molecule has 0 aliphatic heterocycles. The number of aliphatic hydroxyl groups excluding tert-OH is 1. The molecule has 0 aromatic carbocycles. The van der Waals surface area contributed by atoms with Gasteiger partial charge in [-0.1, -0.05) is 31.9 Å². The van der Waals surface area contributed by atoms with E-state index in [9.17, 15) is 5.11 Å². The third kappa shape index (κ3) is 5.77. The molecule has 21 heavy (non-hydrogen) atoms. The van der Waals surface area contributed by atoms with E-state index in [0.29, 0.717) is 12.5 Å². The molecule has 2 saturated carbocycles. The lowest BCUT2D eigenvalue weighted by atomic mass is 9.69. The van der Waals surface area contributed by atoms with Gasteiger partial charge < -0.3 is 5.11 Å². The van der Waals surface area contributed by atoms with E-state index in [0.717, 1.165) is 17.8 Å². The summed E-state index contributed by atoms with van der Waals surface area (Å²) in [5, 5.41) is 9.25. The van der Waals surface area contributed by atoms with E-state index in [1.807, 2.05) is 0 Å². The second-order valence-corrected chi connectivity index (χ2v) is 7.56. The predicted molar refractivity (Wildman–Crippen MR) is 91.3 cm³/mol. The van der Waals surface area contributed by atoms with E-state index in [2.05, 4.69) is 19.1 Å². The smallest absolute Gasteiger partial charge is 0.0459 e. The van der Waals surface area contributed by atoms with Crippen LogP contribution in [0.25, 0.3) is 0 Å². The van der Waals surface area contributed by atoms with Crippen molar-refractivity contribution in [1.29, 1.82) is 0 Å². The molecule has 1 N–H and O–H groups in total. The van der Waals surface area contributed by atoms with Gasteiger partial charge >= 0.3 is 0 Å². The monoisotopic (exact) mass is 292 g/mol. The lowest BCUT2D eigenvalue weighted by Gasteiger charge is -2.37. The third-order valence-electron chi connectivity index (χ3n) is 6.02. The second kappa shape index (κ2) is 9.66. The molecular formula is C20H36O. The minimum atomic E-state index is 0.419. The molecular weight excluding hydrogens is 256 g/mol. The zero-order valence-corrected chi connectivity index (χ0v) is 14.1. The normalized spacial score (nSPS) is 34.4. The van der Waals surface area contributed by atoms with Crippen LogP contribution in [0, 0.1) is 23.7 Å². The standard InChI is InChI=1S/C20H36O/c1-2-3-4-5-6-7-17-8-12-19(13-9-17)20-14-10-18(16-21)11-15-20/h6-7,17-21H,2-5,8-16H2,1H3/b7-6+. The summed E-state index contributed by atoms with van der Waals surface area (Å²) in [5.74, 6) is 3.46. The highest BCUT2D eigenvalue weighted by Gasteiger charge is 2.29. The van der Waals surface area contributed by atoms with Crippen LogP contribution in [0.3, 0.4) is 0 Å². The molecule has 122 valence electrons. The Bertz CT molecular complexity index is 280. The van der Waals surface area contributed by atoms with Gasteiger partial charge in [0.15, 0.2) is 0 Å². The van der Waals surface area contributed by atoms with Crippen molar-refractivity contribution in [2.45, 2.75) is 84.0 Å². The fourth-order valence-corrected chi connectivity index (χ4v) is 4.45. The van der Waals surface area contributed by atoms with Crippen LogP contribution in [0.1, 0.15) is 84.0 Å².